The fourth-order valence-corrected chi connectivity index (χ4v) is 1.38. The van der Waals surface area contributed by atoms with Gasteiger partial charge in [0, 0.05) is 5.56 Å². The Kier molecular flexibility index (Phi) is 3.72. The third kappa shape index (κ3) is 3.19. The second-order valence-electron chi connectivity index (χ2n) is 3.62. The highest BCUT2D eigenvalue weighted by atomic mass is 16.3. The quantitative estimate of drug-likeness (QED) is 0.469. The van der Waals surface area contributed by atoms with E-state index in [1.54, 1.807) is 18.2 Å². The van der Waals surface area contributed by atoms with Crippen molar-refractivity contribution in [3.63, 3.8) is 0 Å². The molecule has 1 aromatic heterocycles. The van der Waals surface area contributed by atoms with E-state index in [1.165, 1.54) is 12.3 Å². The van der Waals surface area contributed by atoms with Crippen molar-refractivity contribution in [1.29, 1.82) is 0 Å². The lowest BCUT2D eigenvalue weighted by Crippen LogP contribution is -2.05. The first-order valence-corrected chi connectivity index (χ1v) is 5.42. The van der Waals surface area contributed by atoms with Crippen molar-refractivity contribution >= 4 is 11.6 Å². The van der Waals surface area contributed by atoms with E-state index in [0.29, 0.717) is 0 Å². The minimum absolute atomic E-state index is 0.185. The Bertz CT molecular complexity index is 598. The maximum Gasteiger partial charge on any atom is 0.213 e. The summed E-state index contributed by atoms with van der Waals surface area (Å²) in [6, 6.07) is 12.3. The van der Waals surface area contributed by atoms with Crippen molar-refractivity contribution in [3.8, 4) is 11.8 Å². The fourth-order valence-electron chi connectivity index (χ4n) is 1.38. The molecule has 0 bridgehead atoms. The van der Waals surface area contributed by atoms with Gasteiger partial charge in [0.05, 0.1) is 12.7 Å². The molecule has 3 nitrogen and oxygen atoms in total. The zero-order chi connectivity index (χ0) is 12.8. The Balaban J connectivity index is 1.98. The van der Waals surface area contributed by atoms with Crippen LogP contribution in [0, 0.1) is 11.8 Å². The second-order valence-corrected chi connectivity index (χ2v) is 3.62. The summed E-state index contributed by atoms with van der Waals surface area (Å²) in [6.07, 6.45) is 1.14. The van der Waals surface area contributed by atoms with Crippen molar-refractivity contribution in [2.24, 2.45) is 0 Å². The molecule has 0 radical (unpaired) electrons. The molecule has 1 aromatic carbocycles. The molecule has 0 aliphatic carbocycles. The molecule has 0 amide bonds. The average molecular weight is 238 g/mol. The second kappa shape index (κ2) is 5.65. The molecule has 0 aliphatic rings. The van der Waals surface area contributed by atoms with Gasteiger partial charge >= 0.3 is 0 Å². The zero-order valence-corrected chi connectivity index (χ0v) is 9.55. The molecule has 0 aliphatic heterocycles. The topological polar surface area (TPSA) is 47.3 Å². The first kappa shape index (κ1) is 11.9. The first-order valence-electron chi connectivity index (χ1n) is 5.42. The van der Waals surface area contributed by atoms with E-state index < -0.39 is 5.78 Å². The SMILES string of the molecule is O=C(C#Cc1ccccc1)CC(=O)c1ccco1. The van der Waals surface area contributed by atoms with E-state index in [1.807, 2.05) is 18.2 Å². The molecule has 1 heterocycles. The van der Waals surface area contributed by atoms with Gasteiger partial charge < -0.3 is 4.42 Å². The van der Waals surface area contributed by atoms with Crippen LogP contribution in [-0.4, -0.2) is 11.6 Å². The Morgan fingerprint density at radius 2 is 1.83 bits per heavy atom. The number of ketones is 2. The standard InChI is InChI=1S/C15H10O3/c16-13(9-8-12-5-2-1-3-6-12)11-14(17)15-7-4-10-18-15/h1-7,10H,11H2. The Morgan fingerprint density at radius 1 is 1.06 bits per heavy atom. The van der Waals surface area contributed by atoms with Gasteiger partial charge in [-0.05, 0) is 30.2 Å². The van der Waals surface area contributed by atoms with Gasteiger partial charge in [0.15, 0.2) is 5.76 Å². The monoisotopic (exact) mass is 238 g/mol. The van der Waals surface area contributed by atoms with Crippen LogP contribution >= 0.6 is 0 Å². The number of carbonyl (C=O) groups is 2. The van der Waals surface area contributed by atoms with Crippen LogP contribution in [0.3, 0.4) is 0 Å². The number of furan rings is 1. The van der Waals surface area contributed by atoms with Gasteiger partial charge in [0.2, 0.25) is 11.6 Å². The van der Waals surface area contributed by atoms with Crippen molar-refractivity contribution < 1.29 is 14.0 Å². The maximum atomic E-state index is 11.5. The number of rotatable bonds is 3. The van der Waals surface area contributed by atoms with Gasteiger partial charge in [0.25, 0.3) is 0 Å². The van der Waals surface area contributed by atoms with Gasteiger partial charge in [-0.1, -0.05) is 24.1 Å². The largest absolute Gasteiger partial charge is 0.461 e. The van der Waals surface area contributed by atoms with Crippen LogP contribution in [0.15, 0.2) is 53.1 Å². The van der Waals surface area contributed by atoms with E-state index in [-0.39, 0.29) is 18.0 Å². The van der Waals surface area contributed by atoms with Crippen LogP contribution < -0.4 is 0 Å². The smallest absolute Gasteiger partial charge is 0.213 e. The summed E-state index contributed by atoms with van der Waals surface area (Å²) in [5, 5.41) is 0. The minimum atomic E-state index is -0.416. The van der Waals surface area contributed by atoms with Crippen LogP contribution in [0.25, 0.3) is 0 Å². The Morgan fingerprint density at radius 3 is 2.50 bits per heavy atom. The molecular weight excluding hydrogens is 228 g/mol. The summed E-state index contributed by atoms with van der Waals surface area (Å²) in [4.78, 5) is 23.0. The summed E-state index contributed by atoms with van der Waals surface area (Å²) < 4.78 is 4.91. The van der Waals surface area contributed by atoms with Gasteiger partial charge in [-0.3, -0.25) is 9.59 Å². The van der Waals surface area contributed by atoms with E-state index in [9.17, 15) is 9.59 Å². The Labute approximate surface area is 104 Å². The van der Waals surface area contributed by atoms with Gasteiger partial charge in [-0.25, -0.2) is 0 Å². The summed E-state index contributed by atoms with van der Waals surface area (Å²) in [7, 11) is 0. The lowest BCUT2D eigenvalue weighted by atomic mass is 10.1. The lowest BCUT2D eigenvalue weighted by Gasteiger charge is -1.91. The van der Waals surface area contributed by atoms with Crippen LogP contribution in [0.1, 0.15) is 22.5 Å². The van der Waals surface area contributed by atoms with Crippen molar-refractivity contribution in [2.75, 3.05) is 0 Å². The molecule has 2 rings (SSSR count). The van der Waals surface area contributed by atoms with Gasteiger partial charge in [-0.2, -0.15) is 0 Å². The molecule has 88 valence electrons. The first-order chi connectivity index (χ1) is 8.75. The molecule has 0 unspecified atom stereocenters. The molecule has 0 saturated carbocycles. The van der Waals surface area contributed by atoms with Gasteiger partial charge in [0.1, 0.15) is 0 Å². The summed E-state index contributed by atoms with van der Waals surface area (Å²) in [5.41, 5.74) is 0.747. The number of hydrogen-bond acceptors (Lipinski definition) is 3. The van der Waals surface area contributed by atoms with Gasteiger partial charge in [-0.15, -0.1) is 0 Å². The predicted octanol–water partition coefficient (Wildman–Crippen LogP) is 2.47. The predicted molar refractivity (Wildman–Crippen MR) is 66.0 cm³/mol. The van der Waals surface area contributed by atoms with E-state index in [0.717, 1.165) is 5.56 Å². The van der Waals surface area contributed by atoms with Crippen LogP contribution in [0.5, 0.6) is 0 Å². The normalized spacial score (nSPS) is 9.33. The lowest BCUT2D eigenvalue weighted by molar-refractivity contribution is -0.113. The minimum Gasteiger partial charge on any atom is -0.461 e. The highest BCUT2D eigenvalue weighted by molar-refractivity contribution is 6.12. The molecule has 0 atom stereocenters. The summed E-state index contributed by atoms with van der Waals surface area (Å²) >= 11 is 0. The van der Waals surface area contributed by atoms with E-state index in [4.69, 9.17) is 4.42 Å². The summed E-state index contributed by atoms with van der Waals surface area (Å²) in [5.74, 6) is 4.57. The molecule has 18 heavy (non-hydrogen) atoms. The number of carbonyl (C=O) groups excluding carboxylic acids is 2. The van der Waals surface area contributed by atoms with Crippen molar-refractivity contribution in [2.45, 2.75) is 6.42 Å². The highest BCUT2D eigenvalue weighted by Crippen LogP contribution is 2.04. The molecular formula is C15H10O3. The van der Waals surface area contributed by atoms with Crippen LogP contribution in [0.2, 0.25) is 0 Å². The Hall–Kier alpha value is -2.60. The van der Waals surface area contributed by atoms with Crippen molar-refractivity contribution in [1.82, 2.24) is 0 Å². The zero-order valence-electron chi connectivity index (χ0n) is 9.55. The third-order valence-electron chi connectivity index (χ3n) is 2.24. The maximum absolute atomic E-state index is 11.5. The van der Waals surface area contributed by atoms with Crippen LogP contribution in [0.4, 0.5) is 0 Å². The highest BCUT2D eigenvalue weighted by Gasteiger charge is 2.12. The molecule has 2 aromatic rings. The fraction of sp³-hybridized carbons (Fsp3) is 0.0667. The molecule has 0 spiro atoms. The number of Topliss-reactive ketones (excluding diaryl/α,β-unsaturated/α-hetero) is 2. The van der Waals surface area contributed by atoms with Crippen molar-refractivity contribution in [3.05, 3.63) is 60.1 Å². The molecule has 0 fully saturated rings. The van der Waals surface area contributed by atoms with E-state index in [2.05, 4.69) is 11.8 Å². The molecule has 3 heteroatoms. The summed E-state index contributed by atoms with van der Waals surface area (Å²) in [6.45, 7) is 0. The third-order valence-corrected chi connectivity index (χ3v) is 2.24. The van der Waals surface area contributed by atoms with E-state index >= 15 is 0 Å². The van der Waals surface area contributed by atoms with Crippen LogP contribution in [-0.2, 0) is 4.79 Å². The molecule has 0 N–H and O–H groups in total. The number of benzene rings is 1. The number of hydrogen-bond donors (Lipinski definition) is 0. The average Bonchev–Trinajstić information content (AvgIpc) is 2.91. The molecule has 0 saturated heterocycles.